The van der Waals surface area contributed by atoms with Crippen LogP contribution in [0.4, 0.5) is 5.69 Å². The van der Waals surface area contributed by atoms with Crippen molar-refractivity contribution in [1.29, 1.82) is 0 Å². The van der Waals surface area contributed by atoms with Crippen LogP contribution in [0.3, 0.4) is 0 Å². The number of aromatic carboxylic acids is 1. The van der Waals surface area contributed by atoms with E-state index in [1.165, 1.54) is 24.4 Å². The topological polar surface area (TPSA) is 123 Å². The van der Waals surface area contributed by atoms with Gasteiger partial charge in [0.05, 0.1) is 10.5 Å². The zero-order chi connectivity index (χ0) is 22.2. The molecule has 8 nitrogen and oxygen atoms in total. The van der Waals surface area contributed by atoms with E-state index in [1.54, 1.807) is 30.3 Å². The Hall–Kier alpha value is -4.46. The minimum absolute atomic E-state index is 0.232. The summed E-state index contributed by atoms with van der Waals surface area (Å²) in [7, 11) is 0. The zero-order valence-electron chi connectivity index (χ0n) is 16.2. The maximum absolute atomic E-state index is 10.8. The van der Waals surface area contributed by atoms with Crippen molar-refractivity contribution in [3.05, 3.63) is 106 Å². The summed E-state index contributed by atoms with van der Waals surface area (Å²) >= 11 is 0. The Morgan fingerprint density at radius 2 is 1.77 bits per heavy atom. The summed E-state index contributed by atoms with van der Waals surface area (Å²) in [6.45, 7) is 0.434. The molecule has 31 heavy (non-hydrogen) atoms. The molecule has 156 valence electrons. The Morgan fingerprint density at radius 1 is 1.00 bits per heavy atom. The molecule has 0 amide bonds. The molecule has 0 saturated carbocycles. The first-order valence-corrected chi connectivity index (χ1v) is 9.17. The van der Waals surface area contributed by atoms with Gasteiger partial charge in [-0.05, 0) is 35.9 Å². The number of hydrogen-bond donors (Lipinski definition) is 2. The van der Waals surface area contributed by atoms with Gasteiger partial charge in [-0.1, -0.05) is 42.5 Å². The number of benzene rings is 3. The van der Waals surface area contributed by atoms with Crippen molar-refractivity contribution in [3.63, 3.8) is 0 Å². The molecule has 1 aromatic heterocycles. The maximum Gasteiger partial charge on any atom is 0.335 e. The number of carboxylic acid groups (broad SMARTS) is 1. The van der Waals surface area contributed by atoms with Gasteiger partial charge in [0, 0.05) is 17.6 Å². The van der Waals surface area contributed by atoms with Gasteiger partial charge in [0.2, 0.25) is 5.75 Å². The molecule has 0 spiro atoms. The van der Waals surface area contributed by atoms with E-state index in [4.69, 9.17) is 9.84 Å². The number of phenols is 1. The van der Waals surface area contributed by atoms with Crippen LogP contribution in [0, 0.1) is 10.1 Å². The number of ether oxygens (including phenoxy) is 1. The molecule has 0 saturated heterocycles. The highest BCUT2D eigenvalue weighted by molar-refractivity contribution is 5.88. The van der Waals surface area contributed by atoms with Crippen LogP contribution < -0.4 is 4.74 Å². The van der Waals surface area contributed by atoms with Crippen LogP contribution in [-0.4, -0.2) is 26.1 Å². The first-order chi connectivity index (χ1) is 15.0. The number of nitro benzene ring substituents is 1. The fourth-order valence-electron chi connectivity index (χ4n) is 2.73. The van der Waals surface area contributed by atoms with Crippen LogP contribution in [-0.2, 0) is 6.61 Å². The van der Waals surface area contributed by atoms with Crippen molar-refractivity contribution in [2.45, 2.75) is 6.61 Å². The van der Waals surface area contributed by atoms with E-state index in [1.807, 2.05) is 30.3 Å². The maximum atomic E-state index is 10.8. The summed E-state index contributed by atoms with van der Waals surface area (Å²) in [5.41, 5.74) is 1.21. The molecular formula is C23H18N2O6. The number of rotatable bonds is 5. The molecule has 2 N–H and O–H groups in total. The molecule has 4 aromatic rings. The van der Waals surface area contributed by atoms with Crippen molar-refractivity contribution in [1.82, 2.24) is 4.98 Å². The van der Waals surface area contributed by atoms with Gasteiger partial charge in [0.1, 0.15) is 17.9 Å². The second kappa shape index (κ2) is 9.84. The number of aromatic nitrogens is 1. The summed E-state index contributed by atoms with van der Waals surface area (Å²) in [5.74, 6) is -0.767. The quantitative estimate of drug-likeness (QED) is 0.352. The van der Waals surface area contributed by atoms with Crippen LogP contribution in [0.1, 0.15) is 15.9 Å². The predicted octanol–water partition coefficient (Wildman–Crippen LogP) is 4.81. The number of hydrogen-bond acceptors (Lipinski definition) is 6. The number of nitrogens with zero attached hydrogens (tertiary/aromatic N) is 2. The van der Waals surface area contributed by atoms with Gasteiger partial charge in [-0.25, -0.2) is 4.79 Å². The van der Waals surface area contributed by atoms with Crippen molar-refractivity contribution < 1.29 is 24.7 Å². The van der Waals surface area contributed by atoms with Crippen LogP contribution in [0.2, 0.25) is 0 Å². The highest BCUT2D eigenvalue weighted by atomic mass is 16.6. The second-order valence-electron chi connectivity index (χ2n) is 6.37. The molecule has 1 heterocycles. The molecule has 0 radical (unpaired) electrons. The second-order valence-corrected chi connectivity index (χ2v) is 6.37. The fraction of sp³-hybridized carbons (Fsp3) is 0.0435. The van der Waals surface area contributed by atoms with Crippen molar-refractivity contribution >= 4 is 22.6 Å². The first kappa shape index (κ1) is 21.3. The summed E-state index contributed by atoms with van der Waals surface area (Å²) < 4.78 is 5.52. The number of aromatic hydroxyl groups is 1. The minimum atomic E-state index is -0.949. The summed E-state index contributed by atoms with van der Waals surface area (Å²) in [4.78, 5) is 24.5. The third-order valence-electron chi connectivity index (χ3n) is 4.25. The van der Waals surface area contributed by atoms with Crippen LogP contribution >= 0.6 is 0 Å². The van der Waals surface area contributed by atoms with Crippen molar-refractivity contribution in [2.24, 2.45) is 0 Å². The van der Waals surface area contributed by atoms with Crippen LogP contribution in [0.25, 0.3) is 10.9 Å². The molecule has 0 aliphatic heterocycles. The average molecular weight is 418 g/mol. The Balaban J connectivity index is 0.000000179. The van der Waals surface area contributed by atoms with E-state index in [0.29, 0.717) is 17.7 Å². The Kier molecular flexibility index (Phi) is 6.74. The number of phenolic OH excluding ortho intramolecular Hbond substituents is 1. The van der Waals surface area contributed by atoms with Gasteiger partial charge in [-0.2, -0.15) is 0 Å². The smallest absolute Gasteiger partial charge is 0.335 e. The fourth-order valence-corrected chi connectivity index (χ4v) is 2.73. The summed E-state index contributed by atoms with van der Waals surface area (Å²) in [6, 6.07) is 22.5. The van der Waals surface area contributed by atoms with E-state index in [9.17, 15) is 20.0 Å². The normalized spacial score (nSPS) is 10.1. The van der Waals surface area contributed by atoms with Gasteiger partial charge in [0.15, 0.2) is 0 Å². The van der Waals surface area contributed by atoms with E-state index in [2.05, 4.69) is 4.98 Å². The van der Waals surface area contributed by atoms with Gasteiger partial charge >= 0.3 is 11.7 Å². The number of carboxylic acids is 1. The monoisotopic (exact) mass is 418 g/mol. The molecule has 0 aliphatic rings. The lowest BCUT2D eigenvalue weighted by Gasteiger charge is -2.06. The molecule has 3 aromatic carbocycles. The lowest BCUT2D eigenvalue weighted by molar-refractivity contribution is -0.385. The van der Waals surface area contributed by atoms with Gasteiger partial charge in [-0.3, -0.25) is 15.1 Å². The van der Waals surface area contributed by atoms with Crippen LogP contribution in [0.15, 0.2) is 85.1 Å². The van der Waals surface area contributed by atoms with Crippen molar-refractivity contribution in [3.8, 4) is 11.5 Å². The first-order valence-electron chi connectivity index (χ1n) is 9.17. The van der Waals surface area contributed by atoms with E-state index >= 15 is 0 Å². The minimum Gasteiger partial charge on any atom is -0.501 e. The number of pyridine rings is 1. The van der Waals surface area contributed by atoms with E-state index in [0.717, 1.165) is 5.56 Å². The Bertz CT molecular complexity index is 1210. The Labute approximate surface area is 177 Å². The van der Waals surface area contributed by atoms with E-state index < -0.39 is 10.9 Å². The lowest BCUT2D eigenvalue weighted by Crippen LogP contribution is -1.99. The van der Waals surface area contributed by atoms with Crippen molar-refractivity contribution in [2.75, 3.05) is 0 Å². The van der Waals surface area contributed by atoms with E-state index in [-0.39, 0.29) is 22.5 Å². The zero-order valence-corrected chi connectivity index (χ0v) is 16.2. The summed E-state index contributed by atoms with van der Waals surface area (Å²) in [5, 5.41) is 29.5. The van der Waals surface area contributed by atoms with Gasteiger partial charge in [-0.15, -0.1) is 0 Å². The molecule has 0 bridgehead atoms. The SMILES string of the molecule is O=C(O)c1cccc(OCc2ccccc2)c1.O=[N+]([O-])c1ccc2cccnc2c1O. The third kappa shape index (κ3) is 5.54. The molecular weight excluding hydrogens is 400 g/mol. The highest BCUT2D eigenvalue weighted by Crippen LogP contribution is 2.32. The van der Waals surface area contributed by atoms with Crippen LogP contribution in [0.5, 0.6) is 11.5 Å². The molecule has 4 rings (SSSR count). The van der Waals surface area contributed by atoms with Gasteiger partial charge < -0.3 is 14.9 Å². The summed E-state index contributed by atoms with van der Waals surface area (Å²) in [6.07, 6.45) is 1.48. The average Bonchev–Trinajstić information content (AvgIpc) is 2.79. The molecule has 0 atom stereocenters. The third-order valence-corrected chi connectivity index (χ3v) is 4.25. The number of fused-ring (bicyclic) bond motifs is 1. The number of nitro groups is 1. The number of carbonyl (C=O) groups is 1. The predicted molar refractivity (Wildman–Crippen MR) is 114 cm³/mol. The molecule has 8 heteroatoms. The standard InChI is InChI=1S/C14H12O3.C9H6N2O3/c15-14(16)12-7-4-8-13(9-12)17-10-11-5-2-1-3-6-11;12-9-7(11(13)14)4-3-6-2-1-5-10-8(6)9/h1-9H,10H2,(H,15,16);1-5,12H. The highest BCUT2D eigenvalue weighted by Gasteiger charge is 2.16. The Morgan fingerprint density at radius 3 is 2.48 bits per heavy atom. The molecule has 0 fully saturated rings. The largest absolute Gasteiger partial charge is 0.501 e. The molecule has 0 unspecified atom stereocenters. The lowest BCUT2D eigenvalue weighted by atomic mass is 10.2. The van der Waals surface area contributed by atoms with Gasteiger partial charge in [0.25, 0.3) is 0 Å². The molecule has 0 aliphatic carbocycles.